The number of hydrogen-bond donors (Lipinski definition) is 0. The van der Waals surface area contributed by atoms with Crippen LogP contribution >= 0.6 is 39.1 Å². The first-order valence-electron chi connectivity index (χ1n) is 10.4. The molecule has 2 heterocycles. The molecule has 7 heteroatoms. The fraction of sp³-hybridized carbons (Fsp3) is 0.115. The largest absolute Gasteiger partial charge is 0.276 e. The van der Waals surface area contributed by atoms with E-state index in [2.05, 4.69) is 20.9 Å². The Morgan fingerprint density at radius 1 is 1.03 bits per heavy atom. The van der Waals surface area contributed by atoms with Crippen molar-refractivity contribution in [3.05, 3.63) is 110 Å². The van der Waals surface area contributed by atoms with Gasteiger partial charge in [0.2, 0.25) is 0 Å². The zero-order valence-electron chi connectivity index (χ0n) is 17.6. The van der Waals surface area contributed by atoms with E-state index in [9.17, 15) is 4.79 Å². The van der Waals surface area contributed by atoms with E-state index in [1.807, 2.05) is 55.5 Å². The van der Waals surface area contributed by atoms with Crippen molar-refractivity contribution in [1.82, 2.24) is 9.99 Å². The number of carbonyl (C=O) groups excluding carboxylic acids is 1. The molecule has 4 aromatic rings. The molecule has 4 nitrogen and oxygen atoms in total. The predicted octanol–water partition coefficient (Wildman–Crippen LogP) is 7.60. The molecule has 5 rings (SSSR count). The van der Waals surface area contributed by atoms with Crippen LogP contribution in [0.3, 0.4) is 0 Å². The van der Waals surface area contributed by atoms with Crippen LogP contribution in [0.25, 0.3) is 10.9 Å². The van der Waals surface area contributed by atoms with Crippen LogP contribution in [0.5, 0.6) is 0 Å². The average molecular weight is 539 g/mol. The van der Waals surface area contributed by atoms with E-state index in [1.54, 1.807) is 24.3 Å². The molecule has 0 radical (unpaired) electrons. The highest BCUT2D eigenvalue weighted by atomic mass is 79.9. The predicted molar refractivity (Wildman–Crippen MR) is 137 cm³/mol. The van der Waals surface area contributed by atoms with Crippen LogP contribution in [0.4, 0.5) is 0 Å². The second kappa shape index (κ2) is 8.90. The lowest BCUT2D eigenvalue weighted by atomic mass is 9.98. The number of amides is 1. The Bertz CT molecular complexity index is 1420. The van der Waals surface area contributed by atoms with Crippen molar-refractivity contribution in [2.75, 3.05) is 0 Å². The summed E-state index contributed by atoms with van der Waals surface area (Å²) in [6.45, 7) is 2.02. The Kier molecular flexibility index (Phi) is 5.95. The van der Waals surface area contributed by atoms with Crippen LogP contribution in [0.2, 0.25) is 10.2 Å². The van der Waals surface area contributed by atoms with Gasteiger partial charge in [0, 0.05) is 21.8 Å². The van der Waals surface area contributed by atoms with Crippen molar-refractivity contribution in [3.63, 3.8) is 0 Å². The number of rotatable bonds is 3. The Morgan fingerprint density at radius 2 is 1.79 bits per heavy atom. The maximum Gasteiger partial charge on any atom is 0.276 e. The van der Waals surface area contributed by atoms with E-state index in [-0.39, 0.29) is 5.91 Å². The summed E-state index contributed by atoms with van der Waals surface area (Å²) >= 11 is 16.5. The second-order valence-corrected chi connectivity index (χ2v) is 9.65. The van der Waals surface area contributed by atoms with Crippen LogP contribution in [0.15, 0.2) is 82.4 Å². The van der Waals surface area contributed by atoms with Crippen molar-refractivity contribution in [2.45, 2.75) is 19.4 Å². The normalized spacial score (nSPS) is 15.7. The zero-order valence-corrected chi connectivity index (χ0v) is 20.7. The third-order valence-corrected chi connectivity index (χ3v) is 6.87. The van der Waals surface area contributed by atoms with Crippen LogP contribution in [-0.4, -0.2) is 21.6 Å². The monoisotopic (exact) mass is 537 g/mol. The molecule has 0 spiro atoms. The summed E-state index contributed by atoms with van der Waals surface area (Å²) in [4.78, 5) is 18.2. The highest BCUT2D eigenvalue weighted by molar-refractivity contribution is 9.10. The van der Waals surface area contributed by atoms with Gasteiger partial charge < -0.3 is 0 Å². The highest BCUT2D eigenvalue weighted by Crippen LogP contribution is 2.38. The van der Waals surface area contributed by atoms with Gasteiger partial charge in [-0.25, -0.2) is 9.99 Å². The van der Waals surface area contributed by atoms with Crippen LogP contribution in [-0.2, 0) is 0 Å². The minimum Gasteiger partial charge on any atom is -0.267 e. The maximum absolute atomic E-state index is 13.6. The van der Waals surface area contributed by atoms with Crippen LogP contribution in [0, 0.1) is 6.92 Å². The SMILES string of the molecule is Cc1ccc2cc([C@@H]3CC(c4ccc(Br)cc4)=NN3C(=O)c3ccccc3Cl)c(Cl)nc2c1. The molecule has 1 amide bonds. The van der Waals surface area contributed by atoms with Crippen LogP contribution in [0.1, 0.15) is 39.5 Å². The summed E-state index contributed by atoms with van der Waals surface area (Å²) in [7, 11) is 0. The average Bonchev–Trinajstić information content (AvgIpc) is 3.24. The minimum atomic E-state index is -0.405. The molecule has 33 heavy (non-hydrogen) atoms. The molecule has 0 aliphatic carbocycles. The van der Waals surface area contributed by atoms with E-state index in [0.717, 1.165) is 37.8 Å². The zero-order chi connectivity index (χ0) is 23.1. The lowest BCUT2D eigenvalue weighted by Gasteiger charge is -2.23. The van der Waals surface area contributed by atoms with E-state index in [4.69, 9.17) is 28.3 Å². The van der Waals surface area contributed by atoms with Gasteiger partial charge >= 0.3 is 0 Å². The molecule has 1 aliphatic heterocycles. The first-order valence-corrected chi connectivity index (χ1v) is 11.9. The molecule has 0 unspecified atom stereocenters. The Labute approximate surface area is 210 Å². The Hall–Kier alpha value is -2.73. The number of carbonyl (C=O) groups is 1. The van der Waals surface area contributed by atoms with Crippen LogP contribution < -0.4 is 0 Å². The number of nitrogens with zero attached hydrogens (tertiary/aromatic N) is 3. The van der Waals surface area contributed by atoms with Gasteiger partial charge in [-0.15, -0.1) is 0 Å². The summed E-state index contributed by atoms with van der Waals surface area (Å²) in [5, 5.41) is 7.93. The van der Waals surface area contributed by atoms with E-state index < -0.39 is 6.04 Å². The lowest BCUT2D eigenvalue weighted by Crippen LogP contribution is -2.27. The number of pyridine rings is 1. The van der Waals surface area contributed by atoms with Gasteiger partial charge in [-0.05, 0) is 54.4 Å². The van der Waals surface area contributed by atoms with Crippen molar-refractivity contribution in [1.29, 1.82) is 0 Å². The van der Waals surface area contributed by atoms with E-state index in [0.29, 0.717) is 22.2 Å². The summed E-state index contributed by atoms with van der Waals surface area (Å²) in [6.07, 6.45) is 0.511. The number of halogens is 3. The van der Waals surface area contributed by atoms with Gasteiger partial charge in [-0.1, -0.05) is 75.5 Å². The van der Waals surface area contributed by atoms with Crippen molar-refractivity contribution in [3.8, 4) is 0 Å². The molecule has 0 bridgehead atoms. The van der Waals surface area contributed by atoms with E-state index in [1.165, 1.54) is 5.01 Å². The molecule has 0 saturated heterocycles. The number of benzene rings is 3. The van der Waals surface area contributed by atoms with E-state index >= 15 is 0 Å². The molecular weight excluding hydrogens is 521 g/mol. The molecule has 164 valence electrons. The fourth-order valence-corrected chi connectivity index (χ4v) is 4.77. The molecule has 1 atom stereocenters. The second-order valence-electron chi connectivity index (χ2n) is 7.97. The molecule has 3 aromatic carbocycles. The van der Waals surface area contributed by atoms with Crippen molar-refractivity contribution >= 4 is 61.7 Å². The first-order chi connectivity index (χ1) is 15.9. The first kappa shape index (κ1) is 22.1. The fourth-order valence-electron chi connectivity index (χ4n) is 4.02. The van der Waals surface area contributed by atoms with Gasteiger partial charge in [0.05, 0.1) is 27.9 Å². The summed E-state index contributed by atoms with van der Waals surface area (Å²) < 4.78 is 0.975. The third-order valence-electron chi connectivity index (χ3n) is 5.71. The maximum atomic E-state index is 13.6. The summed E-state index contributed by atoms with van der Waals surface area (Å²) in [5.74, 6) is -0.280. The number of aryl methyl sites for hydroxylation is 1. The number of hydrogen-bond acceptors (Lipinski definition) is 3. The van der Waals surface area contributed by atoms with Crippen molar-refractivity contribution < 1.29 is 4.79 Å². The summed E-state index contributed by atoms with van der Waals surface area (Å²) in [6, 6.07) is 22.5. The number of aromatic nitrogens is 1. The topological polar surface area (TPSA) is 45.6 Å². The number of hydrazone groups is 1. The van der Waals surface area contributed by atoms with Gasteiger partial charge in [0.25, 0.3) is 5.91 Å². The minimum absolute atomic E-state index is 0.280. The lowest BCUT2D eigenvalue weighted by molar-refractivity contribution is 0.0711. The molecule has 0 fully saturated rings. The Morgan fingerprint density at radius 3 is 2.55 bits per heavy atom. The highest BCUT2D eigenvalue weighted by Gasteiger charge is 2.36. The molecule has 0 saturated carbocycles. The molecule has 0 N–H and O–H groups in total. The molecule has 1 aliphatic rings. The van der Waals surface area contributed by atoms with Gasteiger partial charge in [-0.3, -0.25) is 4.79 Å². The van der Waals surface area contributed by atoms with Gasteiger partial charge in [0.1, 0.15) is 5.15 Å². The summed E-state index contributed by atoms with van der Waals surface area (Å²) in [5.41, 5.74) is 4.82. The van der Waals surface area contributed by atoms with Crippen molar-refractivity contribution in [2.24, 2.45) is 5.10 Å². The number of fused-ring (bicyclic) bond motifs is 1. The van der Waals surface area contributed by atoms with Gasteiger partial charge in [0.15, 0.2) is 0 Å². The quantitative estimate of drug-likeness (QED) is 0.252. The molecule has 1 aromatic heterocycles. The molecular formula is C26H18BrCl2N3O. The van der Waals surface area contributed by atoms with Gasteiger partial charge in [-0.2, -0.15) is 5.10 Å². The standard InChI is InChI=1S/C26H18BrCl2N3O/c1-15-6-7-17-13-20(25(29)30-22(17)12-15)24-14-23(16-8-10-18(27)11-9-16)31-32(24)26(33)19-4-2-3-5-21(19)28/h2-13,24H,14H2,1H3/t24-/m0/s1. The third kappa shape index (κ3) is 4.29. The smallest absolute Gasteiger partial charge is 0.267 e. The Balaban J connectivity index is 1.62.